The van der Waals surface area contributed by atoms with E-state index in [0.29, 0.717) is 27.1 Å². The van der Waals surface area contributed by atoms with Crippen LogP contribution < -0.4 is 0 Å². The first-order valence-corrected chi connectivity index (χ1v) is 7.88. The highest BCUT2D eigenvalue weighted by atomic mass is 35.5. The van der Waals surface area contributed by atoms with Crippen LogP contribution in [0.25, 0.3) is 0 Å². The van der Waals surface area contributed by atoms with Gasteiger partial charge in [-0.3, -0.25) is 0 Å². The molecule has 0 saturated heterocycles. The molecule has 0 amide bonds. The lowest BCUT2D eigenvalue weighted by Crippen LogP contribution is -2.07. The molecule has 2 aromatic rings. The molecule has 0 aliphatic rings. The Labute approximate surface area is 139 Å². The van der Waals surface area contributed by atoms with Crippen molar-refractivity contribution in [2.75, 3.05) is 14.2 Å². The Hall–Kier alpha value is -1.58. The van der Waals surface area contributed by atoms with Gasteiger partial charge in [-0.15, -0.1) is 11.8 Å². The number of ether oxygens (including phenoxy) is 2. The second-order valence-electron chi connectivity index (χ2n) is 4.42. The summed E-state index contributed by atoms with van der Waals surface area (Å²) in [6, 6.07) is 13.2. The molecule has 6 heteroatoms. The van der Waals surface area contributed by atoms with Crippen molar-refractivity contribution < 1.29 is 9.47 Å². The highest BCUT2D eigenvalue weighted by Gasteiger charge is 2.14. The number of thioether (sulfide) groups is 1. The molecule has 1 aromatic heterocycles. The zero-order valence-corrected chi connectivity index (χ0v) is 13.8. The zero-order valence-electron chi connectivity index (χ0n) is 12.2. The van der Waals surface area contributed by atoms with Crippen molar-refractivity contribution in [3.8, 4) is 6.07 Å². The SMILES string of the molecule is COC(OC)c1ccc(C#N)c(SCc2ccc(Cl)cc2)n1. The topological polar surface area (TPSA) is 55.1 Å². The van der Waals surface area contributed by atoms with Crippen LogP contribution in [-0.4, -0.2) is 19.2 Å². The summed E-state index contributed by atoms with van der Waals surface area (Å²) in [7, 11) is 3.10. The minimum Gasteiger partial charge on any atom is -0.350 e. The summed E-state index contributed by atoms with van der Waals surface area (Å²) < 4.78 is 10.4. The van der Waals surface area contributed by atoms with Crippen LogP contribution in [0.2, 0.25) is 5.02 Å². The van der Waals surface area contributed by atoms with Crippen LogP contribution in [0, 0.1) is 11.3 Å². The number of pyridine rings is 1. The number of halogens is 1. The predicted octanol–water partition coefficient (Wildman–Crippen LogP) is 4.19. The number of nitrogens with zero attached hydrogens (tertiary/aromatic N) is 2. The molecule has 0 fully saturated rings. The van der Waals surface area contributed by atoms with Gasteiger partial charge >= 0.3 is 0 Å². The number of benzene rings is 1. The Morgan fingerprint density at radius 3 is 2.45 bits per heavy atom. The molecule has 0 radical (unpaired) electrons. The lowest BCUT2D eigenvalue weighted by molar-refractivity contribution is -0.108. The average Bonchev–Trinajstić information content (AvgIpc) is 2.55. The largest absolute Gasteiger partial charge is 0.350 e. The third-order valence-corrected chi connectivity index (χ3v) is 4.28. The van der Waals surface area contributed by atoms with Gasteiger partial charge in [0.05, 0.1) is 11.3 Å². The molecule has 1 heterocycles. The maximum atomic E-state index is 9.21. The number of nitriles is 1. The van der Waals surface area contributed by atoms with E-state index < -0.39 is 6.29 Å². The number of hydrogen-bond acceptors (Lipinski definition) is 5. The van der Waals surface area contributed by atoms with Gasteiger partial charge in [0.25, 0.3) is 0 Å². The summed E-state index contributed by atoms with van der Waals surface area (Å²) in [5.41, 5.74) is 2.29. The lowest BCUT2D eigenvalue weighted by atomic mass is 10.2. The number of rotatable bonds is 6. The molecule has 0 bridgehead atoms. The first-order chi connectivity index (χ1) is 10.7. The van der Waals surface area contributed by atoms with E-state index in [1.165, 1.54) is 11.8 Å². The molecule has 0 aliphatic carbocycles. The average molecular weight is 335 g/mol. The molecule has 0 saturated carbocycles. The fourth-order valence-corrected chi connectivity index (χ4v) is 2.91. The fourth-order valence-electron chi connectivity index (χ4n) is 1.85. The van der Waals surface area contributed by atoms with Crippen LogP contribution in [0.1, 0.15) is 23.1 Å². The van der Waals surface area contributed by atoms with Crippen LogP contribution in [0.15, 0.2) is 41.4 Å². The Bertz CT molecular complexity index is 667. The molecule has 0 N–H and O–H groups in total. The number of aromatic nitrogens is 1. The molecule has 1 aromatic carbocycles. The monoisotopic (exact) mass is 334 g/mol. The highest BCUT2D eigenvalue weighted by Crippen LogP contribution is 2.27. The van der Waals surface area contributed by atoms with Gasteiger partial charge in [0.2, 0.25) is 6.29 Å². The minimum atomic E-state index is -0.539. The van der Waals surface area contributed by atoms with Gasteiger partial charge in [-0.1, -0.05) is 23.7 Å². The quantitative estimate of drug-likeness (QED) is 0.585. The summed E-state index contributed by atoms with van der Waals surface area (Å²) >= 11 is 7.37. The molecule has 0 spiro atoms. The van der Waals surface area contributed by atoms with Crippen LogP contribution >= 0.6 is 23.4 Å². The summed E-state index contributed by atoms with van der Waals surface area (Å²) in [5, 5.41) is 10.6. The Morgan fingerprint density at radius 1 is 1.18 bits per heavy atom. The van der Waals surface area contributed by atoms with Crippen molar-refractivity contribution in [2.45, 2.75) is 17.1 Å². The summed E-state index contributed by atoms with van der Waals surface area (Å²) in [6.07, 6.45) is -0.539. The van der Waals surface area contributed by atoms with Gasteiger partial charge in [-0.05, 0) is 29.8 Å². The van der Waals surface area contributed by atoms with Crippen molar-refractivity contribution in [3.05, 3.63) is 58.2 Å². The molecular formula is C16H15ClN2O2S. The van der Waals surface area contributed by atoms with Crippen LogP contribution in [0.5, 0.6) is 0 Å². The van der Waals surface area contributed by atoms with E-state index in [1.807, 2.05) is 24.3 Å². The Balaban J connectivity index is 2.19. The van der Waals surface area contributed by atoms with Gasteiger partial charge in [0.1, 0.15) is 11.1 Å². The Kier molecular flexibility index (Phi) is 6.22. The van der Waals surface area contributed by atoms with Crippen molar-refractivity contribution in [3.63, 3.8) is 0 Å². The number of hydrogen-bond donors (Lipinski definition) is 0. The number of methoxy groups -OCH3 is 2. The van der Waals surface area contributed by atoms with Crippen LogP contribution in [-0.2, 0) is 15.2 Å². The molecule has 4 nitrogen and oxygen atoms in total. The summed E-state index contributed by atoms with van der Waals surface area (Å²) in [5.74, 6) is 0.701. The van der Waals surface area contributed by atoms with E-state index in [0.717, 1.165) is 5.56 Å². The zero-order chi connectivity index (χ0) is 15.9. The van der Waals surface area contributed by atoms with Gasteiger partial charge in [-0.25, -0.2) is 4.98 Å². The maximum Gasteiger partial charge on any atom is 0.200 e. The summed E-state index contributed by atoms with van der Waals surface area (Å²) in [4.78, 5) is 4.48. The summed E-state index contributed by atoms with van der Waals surface area (Å²) in [6.45, 7) is 0. The standard InChI is InChI=1S/C16H15ClN2O2S/c1-20-16(21-2)14-8-5-12(9-18)15(19-14)22-10-11-3-6-13(17)7-4-11/h3-8,16H,10H2,1-2H3. The molecule has 22 heavy (non-hydrogen) atoms. The second-order valence-corrected chi connectivity index (χ2v) is 5.82. The Morgan fingerprint density at radius 2 is 1.86 bits per heavy atom. The van der Waals surface area contributed by atoms with Crippen LogP contribution in [0.3, 0.4) is 0 Å². The van der Waals surface area contributed by atoms with E-state index in [2.05, 4.69) is 11.1 Å². The molecular weight excluding hydrogens is 320 g/mol. The van der Waals surface area contributed by atoms with Gasteiger partial charge in [-0.2, -0.15) is 5.26 Å². The van der Waals surface area contributed by atoms with E-state index >= 15 is 0 Å². The minimum absolute atomic E-state index is 0.536. The third kappa shape index (κ3) is 4.21. The van der Waals surface area contributed by atoms with E-state index in [-0.39, 0.29) is 0 Å². The van der Waals surface area contributed by atoms with Crippen molar-refractivity contribution in [1.29, 1.82) is 5.26 Å². The van der Waals surface area contributed by atoms with Gasteiger partial charge < -0.3 is 9.47 Å². The third-order valence-electron chi connectivity index (χ3n) is 2.96. The maximum absolute atomic E-state index is 9.21. The lowest BCUT2D eigenvalue weighted by Gasteiger charge is -2.14. The normalized spacial score (nSPS) is 10.7. The van der Waals surface area contributed by atoms with Gasteiger partial charge in [0.15, 0.2) is 0 Å². The first-order valence-electron chi connectivity index (χ1n) is 6.51. The fraction of sp³-hybridized carbons (Fsp3) is 0.250. The molecule has 0 atom stereocenters. The molecule has 0 unspecified atom stereocenters. The van der Waals surface area contributed by atoms with Gasteiger partial charge in [0, 0.05) is 25.0 Å². The first kappa shape index (κ1) is 16.8. The van der Waals surface area contributed by atoms with Crippen molar-refractivity contribution in [2.24, 2.45) is 0 Å². The van der Waals surface area contributed by atoms with Crippen molar-refractivity contribution >= 4 is 23.4 Å². The van der Waals surface area contributed by atoms with Crippen LogP contribution in [0.4, 0.5) is 0 Å². The van der Waals surface area contributed by atoms with Crippen molar-refractivity contribution in [1.82, 2.24) is 4.98 Å². The smallest absolute Gasteiger partial charge is 0.200 e. The van der Waals surface area contributed by atoms with E-state index in [4.69, 9.17) is 21.1 Å². The van der Waals surface area contributed by atoms with E-state index in [1.54, 1.807) is 26.4 Å². The molecule has 114 valence electrons. The highest BCUT2D eigenvalue weighted by molar-refractivity contribution is 7.98. The predicted molar refractivity (Wildman–Crippen MR) is 86.7 cm³/mol. The molecule has 0 aliphatic heterocycles. The molecule has 2 rings (SSSR count). The van der Waals surface area contributed by atoms with E-state index in [9.17, 15) is 5.26 Å². The second kappa shape index (κ2) is 8.16.